The molecule has 0 spiro atoms. The van der Waals surface area contributed by atoms with Gasteiger partial charge in [0.05, 0.1) is 12.7 Å². The van der Waals surface area contributed by atoms with Gasteiger partial charge in [0.2, 0.25) is 0 Å². The van der Waals surface area contributed by atoms with Gasteiger partial charge in [-0.05, 0) is 37.3 Å². The number of benzene rings is 1. The van der Waals surface area contributed by atoms with Gasteiger partial charge in [-0.3, -0.25) is 4.99 Å². The van der Waals surface area contributed by atoms with Crippen LogP contribution in [0.1, 0.15) is 38.3 Å². The summed E-state index contributed by atoms with van der Waals surface area (Å²) in [6.45, 7) is 7.80. The highest BCUT2D eigenvalue weighted by Gasteiger charge is 2.33. The summed E-state index contributed by atoms with van der Waals surface area (Å²) in [4.78, 5) is 4.27. The Labute approximate surface area is 151 Å². The molecule has 124 valence electrons. The topological polar surface area (TPSA) is 45.7 Å². The standard InChI is InChI=1S/C17H27N3O.HI/c1-12(2)21-11-15-7-5-6-14(9-15)10-19-17(18-4)20-16-8-13(16)3;/h5-7,9,12-13,16H,8,10-11H2,1-4H3,(H2,18,19,20);1H. The van der Waals surface area contributed by atoms with Gasteiger partial charge in [-0.15, -0.1) is 24.0 Å². The molecule has 2 unspecified atom stereocenters. The Hall–Kier alpha value is -0.820. The van der Waals surface area contributed by atoms with Crippen LogP contribution < -0.4 is 10.6 Å². The van der Waals surface area contributed by atoms with Gasteiger partial charge >= 0.3 is 0 Å². The minimum atomic E-state index is 0. The second-order valence-corrected chi connectivity index (χ2v) is 6.07. The zero-order valence-corrected chi connectivity index (χ0v) is 16.3. The zero-order chi connectivity index (χ0) is 15.2. The first-order valence-corrected chi connectivity index (χ1v) is 7.75. The first-order valence-electron chi connectivity index (χ1n) is 7.75. The molecule has 1 aliphatic rings. The normalized spacial score (nSPS) is 20.5. The van der Waals surface area contributed by atoms with Crippen molar-refractivity contribution in [3.05, 3.63) is 35.4 Å². The summed E-state index contributed by atoms with van der Waals surface area (Å²) in [6, 6.07) is 9.07. The summed E-state index contributed by atoms with van der Waals surface area (Å²) in [5.41, 5.74) is 2.45. The molecule has 0 aliphatic heterocycles. The minimum absolute atomic E-state index is 0. The molecule has 0 saturated heterocycles. The molecule has 0 aromatic heterocycles. The quantitative estimate of drug-likeness (QED) is 0.424. The molecule has 0 radical (unpaired) electrons. The molecule has 5 heteroatoms. The number of ether oxygens (including phenoxy) is 1. The monoisotopic (exact) mass is 417 g/mol. The molecule has 1 aromatic carbocycles. The molecular formula is C17H28IN3O. The molecule has 1 fully saturated rings. The van der Waals surface area contributed by atoms with Gasteiger partial charge in [0.15, 0.2) is 5.96 Å². The maximum Gasteiger partial charge on any atom is 0.191 e. The van der Waals surface area contributed by atoms with Crippen molar-refractivity contribution in [2.75, 3.05) is 7.05 Å². The van der Waals surface area contributed by atoms with Crippen molar-refractivity contribution < 1.29 is 4.74 Å². The smallest absolute Gasteiger partial charge is 0.191 e. The lowest BCUT2D eigenvalue weighted by Gasteiger charge is -2.13. The fraction of sp³-hybridized carbons (Fsp3) is 0.588. The van der Waals surface area contributed by atoms with Crippen molar-refractivity contribution in [2.24, 2.45) is 10.9 Å². The van der Waals surface area contributed by atoms with Crippen LogP contribution in [0.5, 0.6) is 0 Å². The number of nitrogens with one attached hydrogen (secondary N) is 2. The lowest BCUT2D eigenvalue weighted by molar-refractivity contribution is 0.0657. The Kier molecular flexibility index (Phi) is 8.17. The number of nitrogens with zero attached hydrogens (tertiary/aromatic N) is 1. The predicted octanol–water partition coefficient (Wildman–Crippen LogP) is 3.30. The highest BCUT2D eigenvalue weighted by molar-refractivity contribution is 14.0. The van der Waals surface area contributed by atoms with Gasteiger partial charge in [0.1, 0.15) is 0 Å². The fourth-order valence-electron chi connectivity index (χ4n) is 2.17. The molecule has 22 heavy (non-hydrogen) atoms. The summed E-state index contributed by atoms with van der Waals surface area (Å²) >= 11 is 0. The largest absolute Gasteiger partial charge is 0.374 e. The molecule has 0 bridgehead atoms. The van der Waals surface area contributed by atoms with Crippen LogP contribution in [0.4, 0.5) is 0 Å². The van der Waals surface area contributed by atoms with Crippen molar-refractivity contribution in [3.8, 4) is 0 Å². The number of hydrogen-bond acceptors (Lipinski definition) is 2. The van der Waals surface area contributed by atoms with Crippen molar-refractivity contribution in [1.29, 1.82) is 0 Å². The van der Waals surface area contributed by atoms with Crippen molar-refractivity contribution in [3.63, 3.8) is 0 Å². The van der Waals surface area contributed by atoms with Crippen LogP contribution in [0.25, 0.3) is 0 Å². The van der Waals surface area contributed by atoms with Gasteiger partial charge in [-0.25, -0.2) is 0 Å². The zero-order valence-electron chi connectivity index (χ0n) is 13.9. The molecule has 0 amide bonds. The van der Waals surface area contributed by atoms with Crippen molar-refractivity contribution >= 4 is 29.9 Å². The second kappa shape index (κ2) is 9.35. The second-order valence-electron chi connectivity index (χ2n) is 6.07. The summed E-state index contributed by atoms with van der Waals surface area (Å²) in [7, 11) is 1.81. The van der Waals surface area contributed by atoms with Crippen LogP contribution in [-0.4, -0.2) is 25.2 Å². The predicted molar refractivity (Wildman–Crippen MR) is 103 cm³/mol. The van der Waals surface area contributed by atoms with Crippen LogP contribution in [0, 0.1) is 5.92 Å². The van der Waals surface area contributed by atoms with E-state index >= 15 is 0 Å². The Bertz CT molecular complexity index is 491. The van der Waals surface area contributed by atoms with E-state index in [0.717, 1.165) is 18.4 Å². The summed E-state index contributed by atoms with van der Waals surface area (Å²) < 4.78 is 5.65. The molecule has 2 rings (SSSR count). The van der Waals surface area contributed by atoms with E-state index in [9.17, 15) is 0 Å². The molecule has 1 aliphatic carbocycles. The van der Waals surface area contributed by atoms with E-state index in [4.69, 9.17) is 4.74 Å². The molecule has 2 atom stereocenters. The van der Waals surface area contributed by atoms with E-state index in [0.29, 0.717) is 12.6 Å². The summed E-state index contributed by atoms with van der Waals surface area (Å²) in [5, 5.41) is 6.80. The lowest BCUT2D eigenvalue weighted by Crippen LogP contribution is -2.38. The molecule has 1 saturated carbocycles. The van der Waals surface area contributed by atoms with Gasteiger partial charge in [0.25, 0.3) is 0 Å². The molecular weight excluding hydrogens is 389 g/mol. The number of aliphatic imine (C=N–C) groups is 1. The third-order valence-electron chi connectivity index (χ3n) is 3.69. The Balaban J connectivity index is 0.00000242. The summed E-state index contributed by atoms with van der Waals surface area (Å²) in [5.74, 6) is 1.65. The molecule has 1 aromatic rings. The molecule has 2 N–H and O–H groups in total. The van der Waals surface area contributed by atoms with E-state index in [1.807, 2.05) is 7.05 Å². The number of rotatable bonds is 6. The highest BCUT2D eigenvalue weighted by Crippen LogP contribution is 2.28. The van der Waals surface area contributed by atoms with Crippen LogP contribution >= 0.6 is 24.0 Å². The van der Waals surface area contributed by atoms with Crippen LogP contribution in [0.2, 0.25) is 0 Å². The maximum absolute atomic E-state index is 5.65. The number of halogens is 1. The van der Waals surface area contributed by atoms with Gasteiger partial charge < -0.3 is 15.4 Å². The third-order valence-corrected chi connectivity index (χ3v) is 3.69. The highest BCUT2D eigenvalue weighted by atomic mass is 127. The Morgan fingerprint density at radius 1 is 1.36 bits per heavy atom. The molecule has 4 nitrogen and oxygen atoms in total. The summed E-state index contributed by atoms with van der Waals surface area (Å²) in [6.07, 6.45) is 1.50. The van der Waals surface area contributed by atoms with Crippen LogP contribution in [-0.2, 0) is 17.9 Å². The van der Waals surface area contributed by atoms with Gasteiger partial charge in [-0.2, -0.15) is 0 Å². The minimum Gasteiger partial charge on any atom is -0.374 e. The van der Waals surface area contributed by atoms with E-state index < -0.39 is 0 Å². The van der Waals surface area contributed by atoms with Crippen molar-refractivity contribution in [2.45, 2.75) is 52.5 Å². The number of guanidine groups is 1. The van der Waals surface area contributed by atoms with Gasteiger partial charge in [-0.1, -0.05) is 31.2 Å². The maximum atomic E-state index is 5.65. The van der Waals surface area contributed by atoms with Crippen molar-refractivity contribution in [1.82, 2.24) is 10.6 Å². The van der Waals surface area contributed by atoms with Crippen LogP contribution in [0.15, 0.2) is 29.3 Å². The average Bonchev–Trinajstić information content (AvgIpc) is 3.17. The Morgan fingerprint density at radius 2 is 2.05 bits per heavy atom. The van der Waals surface area contributed by atoms with Crippen LogP contribution in [0.3, 0.4) is 0 Å². The average molecular weight is 417 g/mol. The van der Waals surface area contributed by atoms with E-state index in [-0.39, 0.29) is 30.1 Å². The van der Waals surface area contributed by atoms with E-state index in [1.54, 1.807) is 0 Å². The van der Waals surface area contributed by atoms with Gasteiger partial charge in [0, 0.05) is 19.6 Å². The first kappa shape index (κ1) is 19.2. The lowest BCUT2D eigenvalue weighted by atomic mass is 10.1. The fourth-order valence-corrected chi connectivity index (χ4v) is 2.17. The molecule has 0 heterocycles. The SMILES string of the molecule is CN=C(NCc1cccc(COC(C)C)c1)NC1CC1C.I. The Morgan fingerprint density at radius 3 is 2.64 bits per heavy atom. The number of hydrogen-bond donors (Lipinski definition) is 2. The van der Waals surface area contributed by atoms with E-state index in [1.165, 1.54) is 17.5 Å². The first-order chi connectivity index (χ1) is 10.1. The van der Waals surface area contributed by atoms with E-state index in [2.05, 4.69) is 60.7 Å². The third kappa shape index (κ3) is 6.52.